The van der Waals surface area contributed by atoms with Gasteiger partial charge in [0, 0.05) is 13.0 Å². The average Bonchev–Trinajstić information content (AvgIpc) is 2.93. The average molecular weight is 379 g/mol. The Balaban J connectivity index is 1.50. The van der Waals surface area contributed by atoms with Crippen molar-refractivity contribution < 1.29 is 24.0 Å². The van der Waals surface area contributed by atoms with Gasteiger partial charge in [-0.3, -0.25) is 24.7 Å². The van der Waals surface area contributed by atoms with Gasteiger partial charge in [0.25, 0.3) is 11.8 Å². The second kappa shape index (κ2) is 6.82. The minimum absolute atomic E-state index is 0.0262. The number of nitrogens with one attached hydrogen (secondary N) is 3. The Morgan fingerprint density at radius 3 is 2.26 bits per heavy atom. The van der Waals surface area contributed by atoms with Gasteiger partial charge < -0.3 is 10.6 Å². The van der Waals surface area contributed by atoms with Gasteiger partial charge in [-0.1, -0.05) is 19.3 Å². The molecule has 0 aromatic carbocycles. The maximum absolute atomic E-state index is 12.6. The highest BCUT2D eigenvalue weighted by molar-refractivity contribution is 6.08. The number of carbonyl (C=O) groups excluding carboxylic acids is 5. The Morgan fingerprint density at radius 2 is 1.67 bits per heavy atom. The molecular weight excluding hydrogens is 354 g/mol. The number of hydrogen-bond donors (Lipinski definition) is 3. The minimum atomic E-state index is -0.951. The van der Waals surface area contributed by atoms with Crippen molar-refractivity contribution in [1.82, 2.24) is 26.0 Å². The van der Waals surface area contributed by atoms with Crippen LogP contribution in [-0.4, -0.2) is 57.3 Å². The number of nitrogens with zero attached hydrogens (tertiary/aromatic N) is 2. The zero-order valence-corrected chi connectivity index (χ0v) is 15.6. The van der Waals surface area contributed by atoms with Crippen molar-refractivity contribution >= 4 is 29.8 Å². The molecule has 27 heavy (non-hydrogen) atoms. The monoisotopic (exact) mass is 379 g/mol. The summed E-state index contributed by atoms with van der Waals surface area (Å²) < 4.78 is 0. The molecule has 148 valence electrons. The van der Waals surface area contributed by atoms with Crippen molar-refractivity contribution in [2.45, 2.75) is 69.9 Å². The van der Waals surface area contributed by atoms with E-state index in [1.165, 1.54) is 0 Å². The molecule has 2 saturated heterocycles. The Bertz CT molecular complexity index is 698. The summed E-state index contributed by atoms with van der Waals surface area (Å²) in [7, 11) is 0. The highest BCUT2D eigenvalue weighted by Gasteiger charge is 2.52. The zero-order valence-electron chi connectivity index (χ0n) is 15.6. The van der Waals surface area contributed by atoms with E-state index in [0.29, 0.717) is 12.8 Å². The number of carbonyl (C=O) groups is 5. The molecule has 10 nitrogen and oxygen atoms in total. The van der Waals surface area contributed by atoms with Gasteiger partial charge in [-0.25, -0.2) is 9.59 Å². The Morgan fingerprint density at radius 1 is 1.00 bits per heavy atom. The van der Waals surface area contributed by atoms with Gasteiger partial charge in [-0.2, -0.15) is 5.01 Å². The van der Waals surface area contributed by atoms with E-state index < -0.39 is 35.0 Å². The summed E-state index contributed by atoms with van der Waals surface area (Å²) in [4.78, 5) is 61.8. The first kappa shape index (κ1) is 19.1. The van der Waals surface area contributed by atoms with Crippen LogP contribution in [0.25, 0.3) is 0 Å². The van der Waals surface area contributed by atoms with Gasteiger partial charge in [0.1, 0.15) is 11.1 Å². The van der Waals surface area contributed by atoms with Crippen molar-refractivity contribution in [3.63, 3.8) is 0 Å². The van der Waals surface area contributed by atoms with Crippen LogP contribution < -0.4 is 16.1 Å². The quantitative estimate of drug-likeness (QED) is 0.595. The maximum Gasteiger partial charge on any atom is 0.344 e. The van der Waals surface area contributed by atoms with Crippen LogP contribution >= 0.6 is 0 Å². The van der Waals surface area contributed by atoms with Gasteiger partial charge in [-0.05, 0) is 33.1 Å². The number of urea groups is 2. The lowest BCUT2D eigenvalue weighted by Gasteiger charge is -2.30. The van der Waals surface area contributed by atoms with Crippen LogP contribution in [0.15, 0.2) is 0 Å². The summed E-state index contributed by atoms with van der Waals surface area (Å²) in [5.41, 5.74) is 0.498. The van der Waals surface area contributed by atoms with E-state index in [2.05, 4.69) is 16.1 Å². The van der Waals surface area contributed by atoms with Crippen LogP contribution in [0.4, 0.5) is 9.59 Å². The van der Waals surface area contributed by atoms with Crippen LogP contribution in [0, 0.1) is 0 Å². The molecule has 3 aliphatic rings. The van der Waals surface area contributed by atoms with Crippen molar-refractivity contribution in [2.24, 2.45) is 0 Å². The number of rotatable bonds is 5. The predicted octanol–water partition coefficient (Wildman–Crippen LogP) is 0.383. The number of imide groups is 2. The maximum atomic E-state index is 12.6. The molecular formula is C17H25N5O5. The van der Waals surface area contributed by atoms with Gasteiger partial charge in [-0.15, -0.1) is 0 Å². The SMILES string of the molecule is CC1(C)NC(=O)N(CCCC(=O)NN2C(=O)NC3(CCCCC3)C2=O)C1=O. The van der Waals surface area contributed by atoms with E-state index in [9.17, 15) is 24.0 Å². The normalized spacial score (nSPS) is 23.6. The van der Waals surface area contributed by atoms with Crippen LogP contribution in [-0.2, 0) is 14.4 Å². The molecule has 2 aliphatic heterocycles. The molecule has 7 amide bonds. The third-order valence-electron chi connectivity index (χ3n) is 5.34. The fraction of sp³-hybridized carbons (Fsp3) is 0.706. The second-order valence-corrected chi connectivity index (χ2v) is 7.86. The molecule has 10 heteroatoms. The number of amides is 7. The lowest BCUT2D eigenvalue weighted by Crippen LogP contribution is -2.51. The second-order valence-electron chi connectivity index (χ2n) is 7.86. The van der Waals surface area contributed by atoms with E-state index >= 15 is 0 Å². The first-order valence-corrected chi connectivity index (χ1v) is 9.27. The molecule has 1 spiro atoms. The van der Waals surface area contributed by atoms with Gasteiger partial charge in [0.05, 0.1) is 0 Å². The van der Waals surface area contributed by atoms with Gasteiger partial charge in [0.15, 0.2) is 0 Å². The summed E-state index contributed by atoms with van der Waals surface area (Å²) in [6.07, 6.45) is 4.10. The van der Waals surface area contributed by atoms with E-state index in [-0.39, 0.29) is 25.3 Å². The fourth-order valence-electron chi connectivity index (χ4n) is 3.82. The van der Waals surface area contributed by atoms with E-state index in [1.54, 1.807) is 13.8 Å². The van der Waals surface area contributed by atoms with E-state index in [1.807, 2.05) is 0 Å². The molecule has 3 rings (SSSR count). The lowest BCUT2D eigenvalue weighted by atomic mass is 9.82. The molecule has 1 aliphatic carbocycles. The van der Waals surface area contributed by atoms with Crippen molar-refractivity contribution in [1.29, 1.82) is 0 Å². The number of hydrogen-bond acceptors (Lipinski definition) is 5. The first-order valence-electron chi connectivity index (χ1n) is 9.27. The smallest absolute Gasteiger partial charge is 0.324 e. The standard InChI is InChI=1S/C17H25N5O5/c1-16(2)12(24)21(14(26)18-16)10-6-7-11(23)20-22-13(25)17(19-15(22)27)8-4-3-5-9-17/h3-10H2,1-2H3,(H,18,26)(H,19,27)(H,20,23). The first-order chi connectivity index (χ1) is 12.7. The predicted molar refractivity (Wildman–Crippen MR) is 92.9 cm³/mol. The summed E-state index contributed by atoms with van der Waals surface area (Å²) in [6.45, 7) is 3.31. The molecule has 1 saturated carbocycles. The van der Waals surface area contributed by atoms with E-state index in [4.69, 9.17) is 0 Å². The molecule has 3 N–H and O–H groups in total. The van der Waals surface area contributed by atoms with Crippen LogP contribution in [0.5, 0.6) is 0 Å². The molecule has 0 atom stereocenters. The largest absolute Gasteiger partial charge is 0.344 e. The summed E-state index contributed by atoms with van der Waals surface area (Å²) in [6, 6.07) is -1.11. The summed E-state index contributed by atoms with van der Waals surface area (Å²) in [5.74, 6) is -1.28. The van der Waals surface area contributed by atoms with Crippen LogP contribution in [0.2, 0.25) is 0 Å². The Kier molecular flexibility index (Phi) is 4.83. The van der Waals surface area contributed by atoms with E-state index in [0.717, 1.165) is 29.2 Å². The fourth-order valence-corrected chi connectivity index (χ4v) is 3.82. The molecule has 0 aromatic rings. The molecule has 3 fully saturated rings. The van der Waals surface area contributed by atoms with Crippen molar-refractivity contribution in [3.05, 3.63) is 0 Å². The minimum Gasteiger partial charge on any atom is -0.324 e. The van der Waals surface area contributed by atoms with Crippen molar-refractivity contribution in [2.75, 3.05) is 6.54 Å². The van der Waals surface area contributed by atoms with Gasteiger partial charge >= 0.3 is 12.1 Å². The molecule has 0 radical (unpaired) electrons. The Hall–Kier alpha value is -2.65. The highest BCUT2D eigenvalue weighted by Crippen LogP contribution is 2.33. The third kappa shape index (κ3) is 3.47. The van der Waals surface area contributed by atoms with Crippen LogP contribution in [0.1, 0.15) is 58.8 Å². The lowest BCUT2D eigenvalue weighted by molar-refractivity contribution is -0.140. The highest BCUT2D eigenvalue weighted by atomic mass is 16.2. The Labute approximate surface area is 157 Å². The molecule has 0 bridgehead atoms. The topological polar surface area (TPSA) is 128 Å². The van der Waals surface area contributed by atoms with Crippen molar-refractivity contribution in [3.8, 4) is 0 Å². The number of hydrazine groups is 1. The van der Waals surface area contributed by atoms with Crippen LogP contribution in [0.3, 0.4) is 0 Å². The molecule has 2 heterocycles. The summed E-state index contributed by atoms with van der Waals surface area (Å²) in [5, 5.41) is 6.03. The molecule has 0 unspecified atom stereocenters. The molecule has 0 aromatic heterocycles. The zero-order chi connectivity index (χ0) is 19.8. The summed E-state index contributed by atoms with van der Waals surface area (Å²) >= 11 is 0. The third-order valence-corrected chi connectivity index (χ3v) is 5.34. The van der Waals surface area contributed by atoms with Gasteiger partial charge in [0.2, 0.25) is 5.91 Å².